The highest BCUT2D eigenvalue weighted by atomic mass is 32.2. The van der Waals surface area contributed by atoms with E-state index in [1.165, 1.54) is 6.26 Å². The van der Waals surface area contributed by atoms with Gasteiger partial charge >= 0.3 is 0 Å². The molecule has 4 rings (SSSR count). The van der Waals surface area contributed by atoms with Gasteiger partial charge in [-0.3, -0.25) is 4.79 Å². The van der Waals surface area contributed by atoms with Gasteiger partial charge < -0.3 is 14.3 Å². The van der Waals surface area contributed by atoms with E-state index in [0.717, 1.165) is 14.6 Å². The number of benzene rings is 1. The smallest absolute Gasteiger partial charge is 0.277 e. The van der Waals surface area contributed by atoms with Gasteiger partial charge in [-0.05, 0) is 36.6 Å². The van der Waals surface area contributed by atoms with Crippen LogP contribution in [0.5, 0.6) is 0 Å². The van der Waals surface area contributed by atoms with Gasteiger partial charge in [0.15, 0.2) is 15.8 Å². The maximum absolute atomic E-state index is 12.3. The van der Waals surface area contributed by atoms with Crippen LogP contribution < -0.4 is 5.32 Å². The second kappa shape index (κ2) is 6.14. The number of hydrogen-bond donors (Lipinski definition) is 1. The van der Waals surface area contributed by atoms with Crippen LogP contribution in [-0.4, -0.2) is 22.3 Å². The van der Waals surface area contributed by atoms with E-state index in [9.17, 15) is 4.79 Å². The lowest BCUT2D eigenvalue weighted by molar-refractivity contribution is 0.101. The molecule has 0 aliphatic heterocycles. The number of anilines is 1. The Morgan fingerprint density at radius 2 is 2.17 bits per heavy atom. The molecular formula is C16H11N3O3S2. The van der Waals surface area contributed by atoms with Crippen molar-refractivity contribution in [1.82, 2.24) is 10.1 Å². The van der Waals surface area contributed by atoms with Crippen molar-refractivity contribution in [3.8, 4) is 11.5 Å². The van der Waals surface area contributed by atoms with Crippen LogP contribution in [0.4, 0.5) is 5.69 Å². The number of fused-ring (bicyclic) bond motifs is 1. The highest BCUT2D eigenvalue weighted by Crippen LogP contribution is 2.30. The Bertz CT molecular complexity index is 1000. The molecule has 3 aromatic heterocycles. The molecule has 0 bridgehead atoms. The fraction of sp³-hybridized carbons (Fsp3) is 0.0625. The number of furan rings is 1. The summed E-state index contributed by atoms with van der Waals surface area (Å²) < 4.78 is 12.4. The molecule has 1 N–H and O–H groups in total. The van der Waals surface area contributed by atoms with E-state index in [2.05, 4.69) is 15.5 Å². The van der Waals surface area contributed by atoms with Gasteiger partial charge in [0.1, 0.15) is 0 Å². The normalized spacial score (nSPS) is 11.0. The molecule has 0 saturated heterocycles. The molecule has 0 unspecified atom stereocenters. The number of nitrogens with one attached hydrogen (secondary N) is 1. The van der Waals surface area contributed by atoms with E-state index in [1.54, 1.807) is 41.3 Å². The first-order chi connectivity index (χ1) is 11.7. The molecular weight excluding hydrogens is 346 g/mol. The maximum Gasteiger partial charge on any atom is 0.277 e. The fourth-order valence-electron chi connectivity index (χ4n) is 2.18. The van der Waals surface area contributed by atoms with Crippen molar-refractivity contribution < 1.29 is 13.7 Å². The number of aromatic nitrogens is 2. The lowest BCUT2D eigenvalue weighted by atomic mass is 10.2. The number of rotatable bonds is 4. The van der Waals surface area contributed by atoms with Crippen molar-refractivity contribution >= 4 is 44.9 Å². The SMILES string of the molecule is CSc1nc2ccc(NC(=O)c3cc(-c4ccco4)on3)cc2s1. The minimum absolute atomic E-state index is 0.190. The minimum atomic E-state index is -0.342. The summed E-state index contributed by atoms with van der Waals surface area (Å²) in [5, 5.41) is 6.60. The first kappa shape index (κ1) is 15.0. The predicted octanol–water partition coefficient (Wildman–Crippen LogP) is 4.52. The quantitative estimate of drug-likeness (QED) is 0.541. The van der Waals surface area contributed by atoms with Gasteiger partial charge in [-0.15, -0.1) is 11.3 Å². The summed E-state index contributed by atoms with van der Waals surface area (Å²) >= 11 is 3.19. The van der Waals surface area contributed by atoms with Crippen molar-refractivity contribution in [3.63, 3.8) is 0 Å². The number of amides is 1. The zero-order valence-electron chi connectivity index (χ0n) is 12.5. The van der Waals surface area contributed by atoms with Gasteiger partial charge in [-0.2, -0.15) is 0 Å². The monoisotopic (exact) mass is 357 g/mol. The van der Waals surface area contributed by atoms with E-state index in [0.29, 0.717) is 17.2 Å². The van der Waals surface area contributed by atoms with E-state index < -0.39 is 0 Å². The number of thiazole rings is 1. The third kappa shape index (κ3) is 2.81. The van der Waals surface area contributed by atoms with Gasteiger partial charge in [0, 0.05) is 11.8 Å². The standard InChI is InChI=1S/C16H11N3O3S2/c1-23-16-18-10-5-4-9(7-14(10)24-16)17-15(20)11-8-13(22-19-11)12-3-2-6-21-12/h2-8H,1H3,(H,17,20). The highest BCUT2D eigenvalue weighted by molar-refractivity contribution is 8.00. The molecule has 0 aliphatic rings. The van der Waals surface area contributed by atoms with Crippen LogP contribution in [0.1, 0.15) is 10.5 Å². The molecule has 0 atom stereocenters. The number of thioether (sulfide) groups is 1. The van der Waals surface area contributed by atoms with Crippen LogP contribution in [0.25, 0.3) is 21.7 Å². The molecule has 8 heteroatoms. The van der Waals surface area contributed by atoms with E-state index >= 15 is 0 Å². The Morgan fingerprint density at radius 1 is 1.25 bits per heavy atom. The summed E-state index contributed by atoms with van der Waals surface area (Å²) in [7, 11) is 0. The van der Waals surface area contributed by atoms with Crippen molar-refractivity contribution in [3.05, 3.63) is 48.4 Å². The number of carbonyl (C=O) groups is 1. The average Bonchev–Trinajstić information content (AvgIpc) is 3.32. The maximum atomic E-state index is 12.3. The van der Waals surface area contributed by atoms with E-state index in [-0.39, 0.29) is 11.6 Å². The van der Waals surface area contributed by atoms with Crippen LogP contribution in [0, 0.1) is 0 Å². The summed E-state index contributed by atoms with van der Waals surface area (Å²) in [6, 6.07) is 10.6. The zero-order chi connectivity index (χ0) is 16.5. The van der Waals surface area contributed by atoms with Crippen molar-refractivity contribution in [2.24, 2.45) is 0 Å². The van der Waals surface area contributed by atoms with Crippen LogP contribution in [0.2, 0.25) is 0 Å². The first-order valence-electron chi connectivity index (χ1n) is 6.99. The van der Waals surface area contributed by atoms with Crippen LogP contribution in [0.15, 0.2) is 55.9 Å². The molecule has 0 spiro atoms. The van der Waals surface area contributed by atoms with Crippen LogP contribution in [0.3, 0.4) is 0 Å². The lowest BCUT2D eigenvalue weighted by Gasteiger charge is -2.01. The number of hydrogen-bond acceptors (Lipinski definition) is 7. The summed E-state index contributed by atoms with van der Waals surface area (Å²) in [6.07, 6.45) is 3.52. The largest absolute Gasteiger partial charge is 0.461 e. The lowest BCUT2D eigenvalue weighted by Crippen LogP contribution is -2.11. The molecule has 4 aromatic rings. The van der Waals surface area contributed by atoms with Crippen molar-refractivity contribution in [1.29, 1.82) is 0 Å². The van der Waals surface area contributed by atoms with Crippen LogP contribution >= 0.6 is 23.1 Å². The second-order valence-electron chi connectivity index (χ2n) is 4.87. The Balaban J connectivity index is 1.55. The third-order valence-electron chi connectivity index (χ3n) is 3.31. The van der Waals surface area contributed by atoms with Gasteiger partial charge in [-0.25, -0.2) is 4.98 Å². The molecule has 24 heavy (non-hydrogen) atoms. The summed E-state index contributed by atoms with van der Waals surface area (Å²) in [5.41, 5.74) is 1.80. The Kier molecular flexibility index (Phi) is 3.83. The molecule has 6 nitrogen and oxygen atoms in total. The molecule has 0 fully saturated rings. The zero-order valence-corrected chi connectivity index (χ0v) is 14.1. The van der Waals surface area contributed by atoms with E-state index in [1.807, 2.05) is 24.5 Å². The molecule has 1 amide bonds. The van der Waals surface area contributed by atoms with Gasteiger partial charge in [-0.1, -0.05) is 16.9 Å². The van der Waals surface area contributed by atoms with E-state index in [4.69, 9.17) is 8.94 Å². The average molecular weight is 357 g/mol. The highest BCUT2D eigenvalue weighted by Gasteiger charge is 2.15. The Morgan fingerprint density at radius 3 is 2.96 bits per heavy atom. The van der Waals surface area contributed by atoms with Crippen molar-refractivity contribution in [2.75, 3.05) is 11.6 Å². The minimum Gasteiger partial charge on any atom is -0.461 e. The number of nitrogens with zero attached hydrogens (tertiary/aromatic N) is 2. The first-order valence-corrected chi connectivity index (χ1v) is 9.03. The molecule has 0 radical (unpaired) electrons. The fourth-order valence-corrected chi connectivity index (χ4v) is 3.71. The van der Waals surface area contributed by atoms with Gasteiger partial charge in [0.2, 0.25) is 5.76 Å². The topological polar surface area (TPSA) is 81.2 Å². The molecule has 0 aliphatic carbocycles. The molecule has 1 aromatic carbocycles. The van der Waals surface area contributed by atoms with Gasteiger partial charge in [0.25, 0.3) is 5.91 Å². The van der Waals surface area contributed by atoms with Crippen LogP contribution in [-0.2, 0) is 0 Å². The molecule has 120 valence electrons. The number of carbonyl (C=O) groups excluding carboxylic acids is 1. The summed E-state index contributed by atoms with van der Waals surface area (Å²) in [4.78, 5) is 16.8. The summed E-state index contributed by atoms with van der Waals surface area (Å²) in [5.74, 6) is 0.593. The summed E-state index contributed by atoms with van der Waals surface area (Å²) in [6.45, 7) is 0. The van der Waals surface area contributed by atoms with Gasteiger partial charge in [0.05, 0.1) is 16.5 Å². The van der Waals surface area contributed by atoms with Crippen molar-refractivity contribution in [2.45, 2.75) is 4.34 Å². The Labute approximate surface area is 144 Å². The second-order valence-corrected chi connectivity index (χ2v) is 6.96. The predicted molar refractivity (Wildman–Crippen MR) is 93.6 cm³/mol. The molecule has 3 heterocycles. The Hall–Kier alpha value is -2.58. The third-order valence-corrected chi connectivity index (χ3v) is 5.31. The molecule has 0 saturated carbocycles.